The Morgan fingerprint density at radius 3 is 2.89 bits per heavy atom. The first-order valence-corrected chi connectivity index (χ1v) is 13.4. The number of rotatable bonds is 13. The van der Waals surface area contributed by atoms with E-state index in [4.69, 9.17) is 5.11 Å². The fraction of sp³-hybridized carbons (Fsp3) is 0.423. The molecular weight excluding hydrogens is 474 g/mol. The van der Waals surface area contributed by atoms with E-state index in [1.54, 1.807) is 6.20 Å². The second-order valence-corrected chi connectivity index (χ2v) is 9.70. The highest BCUT2D eigenvalue weighted by Crippen LogP contribution is 2.30. The van der Waals surface area contributed by atoms with Crippen LogP contribution in [0.3, 0.4) is 0 Å². The molecule has 3 aromatic rings. The van der Waals surface area contributed by atoms with E-state index in [9.17, 15) is 4.79 Å². The molecule has 36 heavy (non-hydrogen) atoms. The van der Waals surface area contributed by atoms with Gasteiger partial charge in [0.2, 0.25) is 0 Å². The molecule has 1 aliphatic rings. The van der Waals surface area contributed by atoms with Gasteiger partial charge in [0.1, 0.15) is 5.82 Å². The summed E-state index contributed by atoms with van der Waals surface area (Å²) in [7, 11) is 1.86. The molecule has 3 heterocycles. The number of carbonyl (C=O) groups excluding carboxylic acids is 1. The van der Waals surface area contributed by atoms with Gasteiger partial charge in [-0.15, -0.1) is 0 Å². The summed E-state index contributed by atoms with van der Waals surface area (Å²) in [6.07, 6.45) is 15.3. The van der Waals surface area contributed by atoms with Crippen molar-refractivity contribution in [2.75, 3.05) is 59.3 Å². The van der Waals surface area contributed by atoms with Crippen molar-refractivity contribution < 1.29 is 9.90 Å². The Balaban J connectivity index is 1.21. The van der Waals surface area contributed by atoms with Crippen molar-refractivity contribution in [3.63, 3.8) is 0 Å². The maximum absolute atomic E-state index is 11.6. The van der Waals surface area contributed by atoms with E-state index in [1.165, 1.54) is 11.9 Å². The van der Waals surface area contributed by atoms with Gasteiger partial charge in [-0.3, -0.25) is 4.79 Å². The zero-order valence-electron chi connectivity index (χ0n) is 20.7. The van der Waals surface area contributed by atoms with E-state index < -0.39 is 0 Å². The number of aldehydes is 1. The van der Waals surface area contributed by atoms with Crippen molar-refractivity contribution in [3.05, 3.63) is 54.5 Å². The van der Waals surface area contributed by atoms with Crippen LogP contribution in [0.1, 0.15) is 36.0 Å². The van der Waals surface area contributed by atoms with Crippen LogP contribution in [0.15, 0.2) is 48.9 Å². The molecule has 1 saturated heterocycles. The summed E-state index contributed by atoms with van der Waals surface area (Å²) in [5, 5.41) is 15.5. The Morgan fingerprint density at radius 2 is 2.11 bits per heavy atom. The molecule has 2 aromatic heterocycles. The normalized spacial score (nSPS) is 14.4. The second kappa shape index (κ2) is 13.2. The fourth-order valence-corrected chi connectivity index (χ4v) is 4.91. The first-order valence-electron chi connectivity index (χ1n) is 12.4. The third-order valence-electron chi connectivity index (χ3n) is 6.37. The number of imidazole rings is 1. The van der Waals surface area contributed by atoms with Gasteiger partial charge >= 0.3 is 0 Å². The molecule has 0 atom stereocenters. The van der Waals surface area contributed by atoms with Gasteiger partial charge in [-0.1, -0.05) is 24.1 Å². The van der Waals surface area contributed by atoms with Gasteiger partial charge in [-0.25, -0.2) is 9.97 Å². The van der Waals surface area contributed by atoms with Crippen molar-refractivity contribution in [2.45, 2.75) is 25.7 Å². The van der Waals surface area contributed by atoms with Crippen LogP contribution in [-0.4, -0.2) is 64.8 Å². The molecule has 0 amide bonds. The molecule has 1 aliphatic heterocycles. The van der Waals surface area contributed by atoms with Crippen LogP contribution in [0.2, 0.25) is 0 Å². The Hall–Kier alpha value is -3.24. The zero-order chi connectivity index (χ0) is 25.2. The van der Waals surface area contributed by atoms with Crippen LogP contribution < -0.4 is 20.3 Å². The third kappa shape index (κ3) is 6.70. The number of allylic oxidation sites excluding steroid dienone is 1. The Morgan fingerprint density at radius 1 is 1.25 bits per heavy atom. The number of nitrogens with one attached hydrogen (secondary N) is 3. The molecule has 4 rings (SSSR count). The van der Waals surface area contributed by atoms with Crippen LogP contribution in [-0.2, 0) is 0 Å². The molecule has 0 radical (unpaired) electrons. The number of aliphatic hydroxyl groups excluding tert-OH is 1. The summed E-state index contributed by atoms with van der Waals surface area (Å²) in [5.74, 6) is 2.86. The van der Waals surface area contributed by atoms with Crippen molar-refractivity contribution in [3.8, 4) is 0 Å². The topological polar surface area (TPSA) is 107 Å². The summed E-state index contributed by atoms with van der Waals surface area (Å²) in [6.45, 7) is 2.82. The molecule has 0 saturated carbocycles. The number of hydrogen-bond acceptors (Lipinski definition) is 9. The number of piperidine rings is 1. The lowest BCUT2D eigenvalue weighted by atomic mass is 9.92. The van der Waals surface area contributed by atoms with Gasteiger partial charge in [0.25, 0.3) is 0 Å². The standard InChI is InChI=1S/C26H35N7O2S/c1-27-24-18-33-14-11-29-26(33)25(30-24)28-10-4-2-3-5-20-8-12-32(13-9-20)23-17-22(31-36-16-15-34)7-6-21(23)19-35/h2-3,6-7,11,14,17-20,27,31,34H,4-5,8-10,12-13,15-16H2,1H3,(H,28,30)/b3-2+. The van der Waals surface area contributed by atoms with Gasteiger partial charge in [-0.2, -0.15) is 0 Å². The molecule has 192 valence electrons. The molecule has 10 heteroatoms. The van der Waals surface area contributed by atoms with Crippen LogP contribution in [0.5, 0.6) is 0 Å². The van der Waals surface area contributed by atoms with E-state index in [-0.39, 0.29) is 6.61 Å². The first kappa shape index (κ1) is 25.8. The largest absolute Gasteiger partial charge is 0.395 e. The summed E-state index contributed by atoms with van der Waals surface area (Å²) < 4.78 is 5.20. The number of benzene rings is 1. The Labute approximate surface area is 216 Å². The van der Waals surface area contributed by atoms with Gasteiger partial charge in [0, 0.05) is 61.8 Å². The number of fused-ring (bicyclic) bond motifs is 1. The highest BCUT2D eigenvalue weighted by atomic mass is 32.2. The number of anilines is 4. The lowest BCUT2D eigenvalue weighted by Crippen LogP contribution is -2.34. The minimum Gasteiger partial charge on any atom is -0.395 e. The van der Waals surface area contributed by atoms with Crippen molar-refractivity contribution in [1.82, 2.24) is 14.4 Å². The van der Waals surface area contributed by atoms with E-state index in [0.717, 1.165) is 85.8 Å². The van der Waals surface area contributed by atoms with E-state index >= 15 is 0 Å². The molecule has 0 unspecified atom stereocenters. The molecular formula is C26H35N7O2S. The van der Waals surface area contributed by atoms with Crippen LogP contribution in [0.4, 0.5) is 23.0 Å². The zero-order valence-corrected chi connectivity index (χ0v) is 21.5. The van der Waals surface area contributed by atoms with Crippen molar-refractivity contribution in [2.24, 2.45) is 5.92 Å². The monoisotopic (exact) mass is 509 g/mol. The lowest BCUT2D eigenvalue weighted by molar-refractivity contribution is 0.112. The maximum Gasteiger partial charge on any atom is 0.180 e. The van der Waals surface area contributed by atoms with E-state index in [0.29, 0.717) is 11.7 Å². The molecule has 1 aromatic carbocycles. The van der Waals surface area contributed by atoms with Gasteiger partial charge in [0.15, 0.2) is 17.8 Å². The van der Waals surface area contributed by atoms with Crippen molar-refractivity contribution >= 4 is 46.9 Å². The highest BCUT2D eigenvalue weighted by Gasteiger charge is 2.20. The lowest BCUT2D eigenvalue weighted by Gasteiger charge is -2.34. The number of hydrogen-bond donors (Lipinski definition) is 4. The predicted molar refractivity (Wildman–Crippen MR) is 149 cm³/mol. The minimum atomic E-state index is 0.131. The molecule has 1 fully saturated rings. The summed E-state index contributed by atoms with van der Waals surface area (Å²) in [4.78, 5) is 22.9. The van der Waals surface area contributed by atoms with Crippen LogP contribution >= 0.6 is 11.9 Å². The Kier molecular flexibility index (Phi) is 9.46. The quantitative estimate of drug-likeness (QED) is 0.116. The summed E-state index contributed by atoms with van der Waals surface area (Å²) in [6, 6.07) is 5.82. The number of nitrogens with zero attached hydrogens (tertiary/aromatic N) is 4. The van der Waals surface area contributed by atoms with E-state index in [2.05, 4.69) is 42.4 Å². The number of aromatic nitrogens is 3. The summed E-state index contributed by atoms with van der Waals surface area (Å²) >= 11 is 1.46. The second-order valence-electron chi connectivity index (χ2n) is 8.80. The summed E-state index contributed by atoms with van der Waals surface area (Å²) in [5.41, 5.74) is 3.49. The number of carbonyl (C=O) groups is 1. The van der Waals surface area contributed by atoms with Crippen LogP contribution in [0.25, 0.3) is 5.65 Å². The van der Waals surface area contributed by atoms with Gasteiger partial charge in [-0.05, 0) is 49.8 Å². The molecule has 0 spiro atoms. The van der Waals surface area contributed by atoms with Crippen LogP contribution in [0, 0.1) is 5.92 Å². The first-order chi connectivity index (χ1) is 17.7. The maximum atomic E-state index is 11.6. The Bertz CT molecular complexity index is 1160. The molecule has 9 nitrogen and oxygen atoms in total. The average Bonchev–Trinajstić information content (AvgIpc) is 3.40. The minimum absolute atomic E-state index is 0.131. The smallest absolute Gasteiger partial charge is 0.180 e. The van der Waals surface area contributed by atoms with E-state index in [1.807, 2.05) is 42.0 Å². The highest BCUT2D eigenvalue weighted by molar-refractivity contribution is 8.00. The fourth-order valence-electron chi connectivity index (χ4n) is 4.42. The van der Waals surface area contributed by atoms with Gasteiger partial charge in [0.05, 0.1) is 12.8 Å². The SMILES string of the molecule is CNc1cn2ccnc2c(NCC/C=C/CC2CCN(c3cc(NSCCO)ccc3C=O)CC2)n1. The molecule has 0 bridgehead atoms. The average molecular weight is 510 g/mol. The molecule has 4 N–H and O–H groups in total. The van der Waals surface area contributed by atoms with Gasteiger partial charge < -0.3 is 29.8 Å². The number of aliphatic hydroxyl groups is 1. The predicted octanol–water partition coefficient (Wildman–Crippen LogP) is 4.30. The third-order valence-corrected chi connectivity index (χ3v) is 7.13. The molecule has 0 aliphatic carbocycles. The van der Waals surface area contributed by atoms with Crippen molar-refractivity contribution in [1.29, 1.82) is 0 Å².